The first kappa shape index (κ1) is 29.0. The van der Waals surface area contributed by atoms with E-state index in [-0.39, 0.29) is 0 Å². The molecule has 0 amide bonds. The van der Waals surface area contributed by atoms with Crippen molar-refractivity contribution in [1.82, 2.24) is 19.5 Å². The average molecular weight is 651 g/mol. The molecule has 0 saturated heterocycles. The van der Waals surface area contributed by atoms with Crippen molar-refractivity contribution in [2.75, 3.05) is 0 Å². The molecule has 0 atom stereocenters. The van der Waals surface area contributed by atoms with Crippen LogP contribution in [0.25, 0.3) is 94.3 Å². The van der Waals surface area contributed by atoms with E-state index in [2.05, 4.69) is 168 Å². The normalized spacial score (nSPS) is 11.5. The summed E-state index contributed by atoms with van der Waals surface area (Å²) in [6, 6.07) is 63.9. The van der Waals surface area contributed by atoms with Crippen LogP contribution in [0.3, 0.4) is 0 Å². The minimum atomic E-state index is 0.642. The zero-order valence-corrected chi connectivity index (χ0v) is 27.6. The monoisotopic (exact) mass is 650 g/mol. The third kappa shape index (κ3) is 4.88. The topological polar surface area (TPSA) is 43.6 Å². The Bertz CT molecular complexity index is 2910. The summed E-state index contributed by atoms with van der Waals surface area (Å²) in [4.78, 5) is 15.3. The molecule has 4 nitrogen and oxygen atoms in total. The first-order valence-corrected chi connectivity index (χ1v) is 17.2. The first-order valence-electron chi connectivity index (χ1n) is 17.2. The molecule has 0 spiro atoms. The fraction of sp³-hybridized carbons (Fsp3) is 0. The molecule has 2 aromatic heterocycles. The van der Waals surface area contributed by atoms with Gasteiger partial charge in [0, 0.05) is 32.8 Å². The fourth-order valence-electron chi connectivity index (χ4n) is 7.48. The van der Waals surface area contributed by atoms with Crippen LogP contribution in [0.1, 0.15) is 0 Å². The van der Waals surface area contributed by atoms with Crippen molar-refractivity contribution < 1.29 is 0 Å². The standard InChI is InChI=1S/C47H30N4/c1-3-15-32(16-4-1)36-23-13-25-43-44(36)40-22-11-12-24-41(40)51(43)42-29-28-39(37-20-9-10-21-38(37)42)47-49-45(33-17-5-2-6-18-33)48-46(50-47)35-27-26-31-14-7-8-19-34(31)30-35/h1-30H. The summed E-state index contributed by atoms with van der Waals surface area (Å²) < 4.78 is 2.41. The largest absolute Gasteiger partial charge is 0.309 e. The van der Waals surface area contributed by atoms with Crippen molar-refractivity contribution in [3.8, 4) is 51.0 Å². The molecule has 238 valence electrons. The average Bonchev–Trinajstić information content (AvgIpc) is 3.55. The second-order valence-electron chi connectivity index (χ2n) is 12.8. The summed E-state index contributed by atoms with van der Waals surface area (Å²) in [6.45, 7) is 0. The second kappa shape index (κ2) is 11.9. The Kier molecular flexibility index (Phi) is 6.78. The molecule has 0 radical (unpaired) electrons. The summed E-state index contributed by atoms with van der Waals surface area (Å²) in [5.74, 6) is 1.93. The van der Waals surface area contributed by atoms with Crippen molar-refractivity contribution in [2.24, 2.45) is 0 Å². The minimum Gasteiger partial charge on any atom is -0.309 e. The molecular formula is C47H30N4. The SMILES string of the molecule is c1ccc(-c2nc(-c3ccc4ccccc4c3)nc(-c3ccc(-n4c5ccccc5c5c(-c6ccccc6)cccc54)c4ccccc34)n2)cc1. The van der Waals surface area contributed by atoms with Gasteiger partial charge in [-0.15, -0.1) is 0 Å². The van der Waals surface area contributed by atoms with Gasteiger partial charge in [0.05, 0.1) is 16.7 Å². The smallest absolute Gasteiger partial charge is 0.164 e. The molecule has 51 heavy (non-hydrogen) atoms. The van der Waals surface area contributed by atoms with Crippen molar-refractivity contribution in [1.29, 1.82) is 0 Å². The molecular weight excluding hydrogens is 621 g/mol. The summed E-state index contributed by atoms with van der Waals surface area (Å²) in [7, 11) is 0. The van der Waals surface area contributed by atoms with Crippen molar-refractivity contribution in [3.05, 3.63) is 182 Å². The van der Waals surface area contributed by atoms with E-state index in [1.54, 1.807) is 0 Å². The predicted octanol–water partition coefficient (Wildman–Crippen LogP) is 11.9. The molecule has 0 aliphatic heterocycles. The number of aromatic nitrogens is 4. The molecule has 0 unspecified atom stereocenters. The van der Waals surface area contributed by atoms with Gasteiger partial charge in [0.1, 0.15) is 0 Å². The third-order valence-corrected chi connectivity index (χ3v) is 9.84. The van der Waals surface area contributed by atoms with Gasteiger partial charge in [-0.05, 0) is 57.6 Å². The van der Waals surface area contributed by atoms with Crippen LogP contribution in [0.5, 0.6) is 0 Å². The number of nitrogens with zero attached hydrogens (tertiary/aromatic N) is 4. The van der Waals surface area contributed by atoms with Crippen LogP contribution >= 0.6 is 0 Å². The lowest BCUT2D eigenvalue weighted by Gasteiger charge is -2.15. The molecule has 0 saturated carbocycles. The van der Waals surface area contributed by atoms with Crippen LogP contribution in [0.2, 0.25) is 0 Å². The van der Waals surface area contributed by atoms with Gasteiger partial charge in [0.15, 0.2) is 17.5 Å². The van der Waals surface area contributed by atoms with Crippen molar-refractivity contribution in [3.63, 3.8) is 0 Å². The van der Waals surface area contributed by atoms with Gasteiger partial charge < -0.3 is 4.57 Å². The predicted molar refractivity (Wildman–Crippen MR) is 211 cm³/mol. The maximum Gasteiger partial charge on any atom is 0.164 e. The zero-order chi connectivity index (χ0) is 33.7. The summed E-state index contributed by atoms with van der Waals surface area (Å²) in [5.41, 5.74) is 8.74. The van der Waals surface area contributed by atoms with E-state index in [0.29, 0.717) is 17.5 Å². The van der Waals surface area contributed by atoms with E-state index in [1.165, 1.54) is 38.3 Å². The van der Waals surface area contributed by atoms with Crippen molar-refractivity contribution >= 4 is 43.4 Å². The molecule has 0 bridgehead atoms. The molecule has 4 heteroatoms. The number of benzene rings is 8. The van der Waals surface area contributed by atoms with E-state index in [4.69, 9.17) is 15.0 Å². The summed E-state index contributed by atoms with van der Waals surface area (Å²) in [6.07, 6.45) is 0. The summed E-state index contributed by atoms with van der Waals surface area (Å²) in [5, 5.41) is 7.00. The maximum atomic E-state index is 5.16. The molecule has 0 aliphatic carbocycles. The van der Waals surface area contributed by atoms with Crippen LogP contribution in [0.15, 0.2) is 182 Å². The molecule has 0 fully saturated rings. The Labute approximate surface area is 295 Å². The van der Waals surface area contributed by atoms with Gasteiger partial charge in [0.25, 0.3) is 0 Å². The van der Waals surface area contributed by atoms with Gasteiger partial charge in [-0.1, -0.05) is 152 Å². The molecule has 0 N–H and O–H groups in total. The number of para-hydroxylation sites is 1. The van der Waals surface area contributed by atoms with Gasteiger partial charge >= 0.3 is 0 Å². The zero-order valence-electron chi connectivity index (χ0n) is 27.6. The highest BCUT2D eigenvalue weighted by Crippen LogP contribution is 2.41. The van der Waals surface area contributed by atoms with E-state index >= 15 is 0 Å². The third-order valence-electron chi connectivity index (χ3n) is 9.84. The van der Waals surface area contributed by atoms with Crippen LogP contribution in [-0.2, 0) is 0 Å². The Hall–Kier alpha value is -6.91. The molecule has 2 heterocycles. The Morgan fingerprint density at radius 2 is 0.941 bits per heavy atom. The molecule has 8 aromatic carbocycles. The second-order valence-corrected chi connectivity index (χ2v) is 12.8. The van der Waals surface area contributed by atoms with E-state index in [1.807, 2.05) is 18.2 Å². The highest BCUT2D eigenvalue weighted by atomic mass is 15.0. The molecule has 10 rings (SSSR count). The number of fused-ring (bicyclic) bond motifs is 5. The maximum absolute atomic E-state index is 5.16. The molecule has 0 aliphatic rings. The highest BCUT2D eigenvalue weighted by Gasteiger charge is 2.20. The lowest BCUT2D eigenvalue weighted by atomic mass is 9.99. The van der Waals surface area contributed by atoms with Crippen LogP contribution in [0.4, 0.5) is 0 Å². The van der Waals surface area contributed by atoms with E-state index in [0.717, 1.165) is 38.5 Å². The molecule has 10 aromatic rings. The quantitative estimate of drug-likeness (QED) is 0.186. The van der Waals surface area contributed by atoms with Crippen LogP contribution in [0, 0.1) is 0 Å². The number of rotatable bonds is 5. The lowest BCUT2D eigenvalue weighted by Crippen LogP contribution is -2.01. The first-order chi connectivity index (χ1) is 25.3. The number of hydrogen-bond acceptors (Lipinski definition) is 3. The van der Waals surface area contributed by atoms with Crippen LogP contribution in [-0.4, -0.2) is 19.5 Å². The van der Waals surface area contributed by atoms with Gasteiger partial charge in [-0.3, -0.25) is 0 Å². The minimum absolute atomic E-state index is 0.642. The van der Waals surface area contributed by atoms with Gasteiger partial charge in [0.2, 0.25) is 0 Å². The lowest BCUT2D eigenvalue weighted by molar-refractivity contribution is 1.08. The Morgan fingerprint density at radius 3 is 1.75 bits per heavy atom. The summed E-state index contributed by atoms with van der Waals surface area (Å²) >= 11 is 0. The van der Waals surface area contributed by atoms with Crippen LogP contribution < -0.4 is 0 Å². The Morgan fingerprint density at radius 1 is 0.333 bits per heavy atom. The van der Waals surface area contributed by atoms with Crippen molar-refractivity contribution in [2.45, 2.75) is 0 Å². The van der Waals surface area contributed by atoms with E-state index < -0.39 is 0 Å². The van der Waals surface area contributed by atoms with E-state index in [9.17, 15) is 0 Å². The van der Waals surface area contributed by atoms with Gasteiger partial charge in [-0.2, -0.15) is 0 Å². The fourth-order valence-corrected chi connectivity index (χ4v) is 7.48. The highest BCUT2D eigenvalue weighted by molar-refractivity contribution is 6.17. The van der Waals surface area contributed by atoms with Gasteiger partial charge in [-0.25, -0.2) is 15.0 Å². The number of hydrogen-bond donors (Lipinski definition) is 0. The Balaban J connectivity index is 1.21.